The van der Waals surface area contributed by atoms with Crippen molar-refractivity contribution in [1.82, 2.24) is 0 Å². The van der Waals surface area contributed by atoms with Gasteiger partial charge in [0.15, 0.2) is 10.9 Å². The predicted molar refractivity (Wildman–Crippen MR) is 112 cm³/mol. The molecule has 0 fully saturated rings. The SMILES string of the molecule is O=P(O)(O)/C(CCCCCCCCCCCCCCC/C(=N\O)P(=O)(O)O)=N\O. The Bertz CT molecular complexity index is 536. The van der Waals surface area contributed by atoms with Crippen LogP contribution >= 0.6 is 15.2 Å². The van der Waals surface area contributed by atoms with Crippen molar-refractivity contribution in [1.29, 1.82) is 0 Å². The zero-order chi connectivity index (χ0) is 22.2. The van der Waals surface area contributed by atoms with Gasteiger partial charge >= 0.3 is 15.2 Å². The molecule has 12 heteroatoms. The largest absolute Gasteiger partial charge is 0.410 e. The Morgan fingerprint density at radius 2 is 0.690 bits per heavy atom. The number of hydrogen-bond donors (Lipinski definition) is 6. The summed E-state index contributed by atoms with van der Waals surface area (Å²) in [5.74, 6) is 0. The van der Waals surface area contributed by atoms with E-state index in [1.54, 1.807) is 0 Å². The smallest absolute Gasteiger partial charge is 0.373 e. The first-order valence-corrected chi connectivity index (χ1v) is 13.4. The first kappa shape index (κ1) is 28.2. The van der Waals surface area contributed by atoms with E-state index in [2.05, 4.69) is 10.3 Å². The maximum absolute atomic E-state index is 11.0. The number of oxime groups is 2. The predicted octanol–water partition coefficient (Wildman–Crippen LogP) is 4.77. The molecule has 0 aliphatic rings. The quantitative estimate of drug-likeness (QED) is 0.0558. The highest BCUT2D eigenvalue weighted by atomic mass is 31.2. The summed E-state index contributed by atoms with van der Waals surface area (Å²) in [6, 6.07) is 0. The molecule has 0 spiro atoms. The number of rotatable bonds is 18. The monoisotopic (exact) mass is 458 g/mol. The Labute approximate surface area is 172 Å². The standard InChI is InChI=1S/C17H36N2O8P2/c20-18-16(28(22,23)24)14-12-10-8-6-4-2-1-3-5-7-9-11-13-15-17(19-21)29(25,26)27/h20-21H,1-15H2,(H2,22,23,24)(H2,25,26,27)/b18-16-,19-17+. The summed E-state index contributed by atoms with van der Waals surface area (Å²) >= 11 is 0. The van der Waals surface area contributed by atoms with E-state index in [0.29, 0.717) is 12.8 Å². The molecule has 6 N–H and O–H groups in total. The van der Waals surface area contributed by atoms with Crippen LogP contribution in [0.2, 0.25) is 0 Å². The average Bonchev–Trinajstić information content (AvgIpc) is 2.62. The Hall–Kier alpha value is -0.760. The molecule has 0 heterocycles. The number of hydrogen-bond acceptors (Lipinski definition) is 6. The average molecular weight is 458 g/mol. The van der Waals surface area contributed by atoms with Crippen LogP contribution in [-0.4, -0.2) is 40.9 Å². The fourth-order valence-electron chi connectivity index (χ4n) is 3.02. The molecule has 172 valence electrons. The molecule has 0 aliphatic heterocycles. The van der Waals surface area contributed by atoms with Gasteiger partial charge in [-0.2, -0.15) is 0 Å². The molecular formula is C17H36N2O8P2. The molecule has 0 amide bonds. The van der Waals surface area contributed by atoms with Gasteiger partial charge < -0.3 is 30.0 Å². The van der Waals surface area contributed by atoms with Crippen molar-refractivity contribution < 1.29 is 39.1 Å². The first-order chi connectivity index (χ1) is 13.6. The van der Waals surface area contributed by atoms with Crippen LogP contribution < -0.4 is 0 Å². The third-order valence-corrected chi connectivity index (χ3v) is 6.68. The molecular weight excluding hydrogens is 422 g/mol. The molecule has 0 radical (unpaired) electrons. The molecule has 0 rings (SSSR count). The van der Waals surface area contributed by atoms with Gasteiger partial charge in [0.25, 0.3) is 0 Å². The molecule has 0 saturated heterocycles. The number of nitrogens with zero attached hydrogens (tertiary/aromatic N) is 2. The van der Waals surface area contributed by atoms with Gasteiger partial charge in [-0.05, 0) is 12.8 Å². The van der Waals surface area contributed by atoms with E-state index in [-0.39, 0.29) is 12.8 Å². The summed E-state index contributed by atoms with van der Waals surface area (Å²) in [5.41, 5.74) is -0.887. The van der Waals surface area contributed by atoms with Crippen molar-refractivity contribution in [3.63, 3.8) is 0 Å². The van der Waals surface area contributed by atoms with Crippen LogP contribution in [0.1, 0.15) is 96.3 Å². The summed E-state index contributed by atoms with van der Waals surface area (Å²) in [7, 11) is -8.84. The molecule has 0 bridgehead atoms. The van der Waals surface area contributed by atoms with Crippen LogP contribution in [0.3, 0.4) is 0 Å². The molecule has 0 aromatic heterocycles. The third kappa shape index (κ3) is 15.7. The number of unbranched alkanes of at least 4 members (excludes halogenated alkanes) is 12. The van der Waals surface area contributed by atoms with Crippen molar-refractivity contribution >= 4 is 26.1 Å². The molecule has 0 aromatic rings. The molecule has 0 unspecified atom stereocenters. The lowest BCUT2D eigenvalue weighted by Crippen LogP contribution is -1.99. The van der Waals surface area contributed by atoms with Crippen molar-refractivity contribution in [3.05, 3.63) is 0 Å². The third-order valence-electron chi connectivity index (χ3n) is 4.70. The fourth-order valence-corrected chi connectivity index (χ4v) is 4.15. The molecule has 29 heavy (non-hydrogen) atoms. The van der Waals surface area contributed by atoms with E-state index >= 15 is 0 Å². The second-order valence-electron chi connectivity index (χ2n) is 7.22. The highest BCUT2D eigenvalue weighted by molar-refractivity contribution is 7.70. The highest BCUT2D eigenvalue weighted by Gasteiger charge is 2.23. The molecule has 0 saturated carbocycles. The fraction of sp³-hybridized carbons (Fsp3) is 0.882. The zero-order valence-electron chi connectivity index (χ0n) is 16.9. The molecule has 0 aliphatic carbocycles. The van der Waals surface area contributed by atoms with Crippen molar-refractivity contribution in [3.8, 4) is 0 Å². The first-order valence-electron chi connectivity index (χ1n) is 10.2. The summed E-state index contributed by atoms with van der Waals surface area (Å²) in [4.78, 5) is 35.7. The Balaban J connectivity index is 3.42. The summed E-state index contributed by atoms with van der Waals surface area (Å²) in [5, 5.41) is 22.5. The van der Waals surface area contributed by atoms with Gasteiger partial charge in [0.1, 0.15) is 0 Å². The minimum absolute atomic E-state index is 0.119. The van der Waals surface area contributed by atoms with Gasteiger partial charge in [0.2, 0.25) is 0 Å². The van der Waals surface area contributed by atoms with E-state index in [1.807, 2.05) is 0 Å². The van der Waals surface area contributed by atoms with Crippen LogP contribution in [-0.2, 0) is 9.13 Å². The minimum atomic E-state index is -4.42. The van der Waals surface area contributed by atoms with Crippen LogP contribution in [0.25, 0.3) is 0 Å². The normalized spacial score (nSPS) is 13.8. The maximum atomic E-state index is 11.0. The van der Waals surface area contributed by atoms with Crippen molar-refractivity contribution in [2.45, 2.75) is 96.3 Å². The lowest BCUT2D eigenvalue weighted by molar-refractivity contribution is 0.314. The summed E-state index contributed by atoms with van der Waals surface area (Å²) < 4.78 is 21.9. The Morgan fingerprint density at radius 3 is 0.862 bits per heavy atom. The van der Waals surface area contributed by atoms with Gasteiger partial charge in [-0.3, -0.25) is 9.13 Å². The molecule has 0 atom stereocenters. The minimum Gasteiger partial charge on any atom is -0.410 e. The molecule has 0 aromatic carbocycles. The van der Waals surface area contributed by atoms with Crippen LogP contribution in [0.15, 0.2) is 10.3 Å². The van der Waals surface area contributed by atoms with E-state index in [4.69, 9.17) is 30.0 Å². The Morgan fingerprint density at radius 1 is 0.483 bits per heavy atom. The van der Waals surface area contributed by atoms with E-state index in [9.17, 15) is 9.13 Å². The van der Waals surface area contributed by atoms with Gasteiger partial charge in [-0.1, -0.05) is 80.9 Å². The van der Waals surface area contributed by atoms with Crippen LogP contribution in [0.5, 0.6) is 0 Å². The zero-order valence-corrected chi connectivity index (χ0v) is 18.7. The van der Waals surface area contributed by atoms with E-state index < -0.39 is 26.1 Å². The highest BCUT2D eigenvalue weighted by Crippen LogP contribution is 2.39. The van der Waals surface area contributed by atoms with Gasteiger partial charge in [0, 0.05) is 12.8 Å². The van der Waals surface area contributed by atoms with Crippen LogP contribution in [0.4, 0.5) is 0 Å². The summed E-state index contributed by atoms with van der Waals surface area (Å²) in [6.45, 7) is 0. The Kier molecular flexibility index (Phi) is 15.6. The topological polar surface area (TPSA) is 180 Å². The lowest BCUT2D eigenvalue weighted by atomic mass is 10.0. The van der Waals surface area contributed by atoms with Crippen LogP contribution in [0, 0.1) is 0 Å². The summed E-state index contributed by atoms with van der Waals surface area (Å²) in [6.07, 6.45) is 13.0. The van der Waals surface area contributed by atoms with Gasteiger partial charge in [0.05, 0.1) is 0 Å². The van der Waals surface area contributed by atoms with E-state index in [0.717, 1.165) is 64.2 Å². The second kappa shape index (κ2) is 16.0. The second-order valence-corrected chi connectivity index (χ2v) is 10.4. The van der Waals surface area contributed by atoms with Gasteiger partial charge in [-0.15, -0.1) is 0 Å². The lowest BCUT2D eigenvalue weighted by Gasteiger charge is -2.06. The van der Waals surface area contributed by atoms with E-state index in [1.165, 1.54) is 6.42 Å². The van der Waals surface area contributed by atoms with Gasteiger partial charge in [-0.25, -0.2) is 0 Å². The maximum Gasteiger partial charge on any atom is 0.373 e. The van der Waals surface area contributed by atoms with Crippen molar-refractivity contribution in [2.24, 2.45) is 10.3 Å². The molecule has 10 nitrogen and oxygen atoms in total. The van der Waals surface area contributed by atoms with Crippen molar-refractivity contribution in [2.75, 3.05) is 0 Å².